The second-order valence-corrected chi connectivity index (χ2v) is 4.90. The topological polar surface area (TPSA) is 29.9 Å². The maximum atomic E-state index is 4.37. The number of rotatable bonds is 5. The zero-order valence-corrected chi connectivity index (χ0v) is 9.90. The van der Waals surface area contributed by atoms with Gasteiger partial charge in [0.1, 0.15) is 0 Å². The van der Waals surface area contributed by atoms with Gasteiger partial charge in [-0.15, -0.1) is 0 Å². The molecule has 1 saturated carbocycles. The minimum absolute atomic E-state index is 0.477. The largest absolute Gasteiger partial charge is 0.314 e. The van der Waals surface area contributed by atoms with Gasteiger partial charge in [0.05, 0.1) is 12.2 Å². The van der Waals surface area contributed by atoms with Crippen molar-refractivity contribution in [1.29, 1.82) is 0 Å². The van der Waals surface area contributed by atoms with Gasteiger partial charge in [0.2, 0.25) is 0 Å². The summed E-state index contributed by atoms with van der Waals surface area (Å²) in [5.41, 5.74) is 1.24. The Balaban J connectivity index is 1.85. The van der Waals surface area contributed by atoms with Crippen molar-refractivity contribution >= 4 is 0 Å². The summed E-state index contributed by atoms with van der Waals surface area (Å²) in [6, 6.07) is 1.28. The highest BCUT2D eigenvalue weighted by atomic mass is 15.3. The third-order valence-electron chi connectivity index (χ3n) is 3.28. The molecule has 0 aliphatic heterocycles. The van der Waals surface area contributed by atoms with Crippen LogP contribution in [0, 0.1) is 12.8 Å². The van der Waals surface area contributed by atoms with E-state index in [9.17, 15) is 0 Å². The molecule has 1 N–H and O–H groups in total. The van der Waals surface area contributed by atoms with Crippen LogP contribution in [0.4, 0.5) is 0 Å². The maximum Gasteiger partial charge on any atom is 0.0528 e. The smallest absolute Gasteiger partial charge is 0.0528 e. The minimum atomic E-state index is 0.477. The summed E-state index contributed by atoms with van der Waals surface area (Å²) in [4.78, 5) is 0. The van der Waals surface area contributed by atoms with Gasteiger partial charge in [-0.05, 0) is 44.7 Å². The van der Waals surface area contributed by atoms with Crippen molar-refractivity contribution in [2.45, 2.75) is 45.7 Å². The Labute approximate surface area is 91.9 Å². The van der Waals surface area contributed by atoms with Crippen LogP contribution in [0.2, 0.25) is 0 Å². The lowest BCUT2D eigenvalue weighted by Gasteiger charge is -2.20. The molecule has 1 fully saturated rings. The van der Waals surface area contributed by atoms with E-state index in [2.05, 4.69) is 42.1 Å². The highest BCUT2D eigenvalue weighted by Gasteiger charge is 2.22. The van der Waals surface area contributed by atoms with E-state index in [1.165, 1.54) is 18.4 Å². The van der Waals surface area contributed by atoms with Gasteiger partial charge in [0, 0.05) is 12.2 Å². The summed E-state index contributed by atoms with van der Waals surface area (Å²) >= 11 is 0. The van der Waals surface area contributed by atoms with Crippen molar-refractivity contribution in [3.63, 3.8) is 0 Å². The molecule has 15 heavy (non-hydrogen) atoms. The normalized spacial score (nSPS) is 20.2. The van der Waals surface area contributed by atoms with Crippen LogP contribution in [0.25, 0.3) is 0 Å². The number of nitrogens with zero attached hydrogens (tertiary/aromatic N) is 2. The molecular formula is C12H21N3. The van der Waals surface area contributed by atoms with Crippen molar-refractivity contribution in [1.82, 2.24) is 15.1 Å². The van der Waals surface area contributed by atoms with E-state index < -0.39 is 0 Å². The molecule has 3 heteroatoms. The molecule has 1 aromatic rings. The maximum absolute atomic E-state index is 4.37. The first-order valence-corrected chi connectivity index (χ1v) is 5.91. The number of aryl methyl sites for hydroxylation is 1. The molecule has 0 saturated heterocycles. The molecule has 2 rings (SSSR count). The van der Waals surface area contributed by atoms with Gasteiger partial charge in [-0.1, -0.05) is 6.92 Å². The van der Waals surface area contributed by atoms with E-state index in [0.29, 0.717) is 12.0 Å². The molecule has 1 aliphatic carbocycles. The third kappa shape index (κ3) is 2.81. The molecule has 1 aromatic heterocycles. The molecule has 0 aromatic carbocycles. The Morgan fingerprint density at radius 3 is 2.80 bits per heavy atom. The summed E-state index contributed by atoms with van der Waals surface area (Å²) in [6.07, 6.45) is 6.78. The van der Waals surface area contributed by atoms with Crippen LogP contribution in [-0.4, -0.2) is 22.4 Å². The van der Waals surface area contributed by atoms with Crippen LogP contribution in [0.1, 0.15) is 38.3 Å². The van der Waals surface area contributed by atoms with Gasteiger partial charge in [-0.2, -0.15) is 5.10 Å². The quantitative estimate of drug-likeness (QED) is 0.801. The molecule has 84 valence electrons. The van der Waals surface area contributed by atoms with Gasteiger partial charge in [-0.25, -0.2) is 0 Å². The fraction of sp³-hybridized carbons (Fsp3) is 0.750. The second kappa shape index (κ2) is 4.35. The van der Waals surface area contributed by atoms with Crippen LogP contribution in [0.5, 0.6) is 0 Å². The predicted molar refractivity (Wildman–Crippen MR) is 61.9 cm³/mol. The summed E-state index contributed by atoms with van der Waals surface area (Å²) < 4.78 is 2.08. The molecular weight excluding hydrogens is 186 g/mol. The number of nitrogens with one attached hydrogen (secondary N) is 1. The van der Waals surface area contributed by atoms with E-state index in [0.717, 1.165) is 12.6 Å². The van der Waals surface area contributed by atoms with Crippen LogP contribution >= 0.6 is 0 Å². The average molecular weight is 207 g/mol. The standard InChI is InChI=1S/C12H21N3/c1-9-6-14-15(8-9)11(3)10(2)7-13-12-4-5-12/h6,8,10-13H,4-5,7H2,1-3H3. The lowest BCUT2D eigenvalue weighted by molar-refractivity contribution is 0.336. The fourth-order valence-corrected chi connectivity index (χ4v) is 1.73. The SMILES string of the molecule is Cc1cnn(C(C)C(C)CNC2CC2)c1. The fourth-order valence-electron chi connectivity index (χ4n) is 1.73. The van der Waals surface area contributed by atoms with Gasteiger partial charge < -0.3 is 5.32 Å². The first-order valence-electron chi connectivity index (χ1n) is 5.91. The van der Waals surface area contributed by atoms with E-state index in [1.807, 2.05) is 6.20 Å². The Kier molecular flexibility index (Phi) is 3.10. The average Bonchev–Trinajstić information content (AvgIpc) is 2.95. The lowest BCUT2D eigenvalue weighted by Crippen LogP contribution is -2.28. The number of hydrogen-bond acceptors (Lipinski definition) is 2. The zero-order chi connectivity index (χ0) is 10.8. The van der Waals surface area contributed by atoms with E-state index in [-0.39, 0.29) is 0 Å². The van der Waals surface area contributed by atoms with Crippen molar-refractivity contribution < 1.29 is 0 Å². The summed E-state index contributed by atoms with van der Waals surface area (Å²) in [6.45, 7) is 7.72. The lowest BCUT2D eigenvalue weighted by atomic mass is 10.0. The molecule has 0 radical (unpaired) electrons. The van der Waals surface area contributed by atoms with Crippen molar-refractivity contribution in [2.75, 3.05) is 6.54 Å². The number of aromatic nitrogens is 2. The Bertz CT molecular complexity index is 314. The Morgan fingerprint density at radius 2 is 2.27 bits per heavy atom. The van der Waals surface area contributed by atoms with Crippen LogP contribution in [-0.2, 0) is 0 Å². The Morgan fingerprint density at radius 1 is 1.53 bits per heavy atom. The monoisotopic (exact) mass is 207 g/mol. The van der Waals surface area contributed by atoms with Gasteiger partial charge in [-0.3, -0.25) is 4.68 Å². The first-order chi connectivity index (χ1) is 7.16. The Hall–Kier alpha value is -0.830. The van der Waals surface area contributed by atoms with Crippen molar-refractivity contribution in [3.8, 4) is 0 Å². The van der Waals surface area contributed by atoms with E-state index >= 15 is 0 Å². The first kappa shape index (κ1) is 10.7. The molecule has 2 atom stereocenters. The zero-order valence-electron chi connectivity index (χ0n) is 9.90. The van der Waals surface area contributed by atoms with Gasteiger partial charge in [0.15, 0.2) is 0 Å². The molecule has 1 heterocycles. The van der Waals surface area contributed by atoms with E-state index in [4.69, 9.17) is 0 Å². The molecule has 2 unspecified atom stereocenters. The van der Waals surface area contributed by atoms with Crippen molar-refractivity contribution in [3.05, 3.63) is 18.0 Å². The highest BCUT2D eigenvalue weighted by molar-refractivity contribution is 5.00. The summed E-state index contributed by atoms with van der Waals surface area (Å²) in [7, 11) is 0. The van der Waals surface area contributed by atoms with E-state index in [1.54, 1.807) is 0 Å². The van der Waals surface area contributed by atoms with Crippen LogP contribution in [0.15, 0.2) is 12.4 Å². The van der Waals surface area contributed by atoms with Crippen LogP contribution in [0.3, 0.4) is 0 Å². The third-order valence-corrected chi connectivity index (χ3v) is 3.28. The number of hydrogen-bond donors (Lipinski definition) is 1. The van der Waals surface area contributed by atoms with Crippen LogP contribution < -0.4 is 5.32 Å². The predicted octanol–water partition coefficient (Wildman–Crippen LogP) is 2.14. The van der Waals surface area contributed by atoms with Crippen molar-refractivity contribution in [2.24, 2.45) is 5.92 Å². The molecule has 0 amide bonds. The van der Waals surface area contributed by atoms with Gasteiger partial charge in [0.25, 0.3) is 0 Å². The minimum Gasteiger partial charge on any atom is -0.314 e. The van der Waals surface area contributed by atoms with Gasteiger partial charge >= 0.3 is 0 Å². The molecule has 1 aliphatic rings. The molecule has 0 spiro atoms. The summed E-state index contributed by atoms with van der Waals surface area (Å²) in [5, 5.41) is 7.94. The highest BCUT2D eigenvalue weighted by Crippen LogP contribution is 2.21. The molecule has 3 nitrogen and oxygen atoms in total. The summed E-state index contributed by atoms with van der Waals surface area (Å²) in [5.74, 6) is 0.630. The second-order valence-electron chi connectivity index (χ2n) is 4.90. The molecule has 0 bridgehead atoms.